The molecule has 0 spiro atoms. The molecule has 12 heavy (non-hydrogen) atoms. The fourth-order valence-corrected chi connectivity index (χ4v) is 1.23. The van der Waals surface area contributed by atoms with Crippen molar-refractivity contribution in [1.29, 1.82) is 0 Å². The third-order valence-corrected chi connectivity index (χ3v) is 2.07. The molecule has 0 saturated heterocycles. The van der Waals surface area contributed by atoms with E-state index in [2.05, 4.69) is 5.32 Å². The minimum atomic E-state index is -0.819. The van der Waals surface area contributed by atoms with E-state index in [1.165, 1.54) is 12.8 Å². The van der Waals surface area contributed by atoms with Crippen molar-refractivity contribution in [3.63, 3.8) is 0 Å². The van der Waals surface area contributed by atoms with E-state index in [0.717, 1.165) is 0 Å². The molecule has 1 aliphatic rings. The van der Waals surface area contributed by atoms with Crippen LogP contribution in [0.15, 0.2) is 0 Å². The Morgan fingerprint density at radius 3 is 2.83 bits per heavy atom. The van der Waals surface area contributed by atoms with E-state index in [4.69, 9.17) is 9.84 Å². The molecule has 0 aromatic carbocycles. The summed E-state index contributed by atoms with van der Waals surface area (Å²) in [6, 6.07) is 0. The van der Waals surface area contributed by atoms with Gasteiger partial charge in [-0.3, -0.25) is 4.79 Å². The number of carbonyl (C=O) groups is 1. The second kappa shape index (κ2) is 4.42. The van der Waals surface area contributed by atoms with Gasteiger partial charge >= 0.3 is 5.97 Å². The van der Waals surface area contributed by atoms with Gasteiger partial charge < -0.3 is 15.2 Å². The maximum absolute atomic E-state index is 10.2. The van der Waals surface area contributed by atoms with E-state index >= 15 is 0 Å². The maximum atomic E-state index is 10.2. The third-order valence-electron chi connectivity index (χ3n) is 2.07. The largest absolute Gasteiger partial charge is 0.480 e. The molecule has 0 bridgehead atoms. The summed E-state index contributed by atoms with van der Waals surface area (Å²) in [4.78, 5) is 10.2. The van der Waals surface area contributed by atoms with Gasteiger partial charge in [0, 0.05) is 13.7 Å². The molecule has 0 aliphatic heterocycles. The van der Waals surface area contributed by atoms with Gasteiger partial charge in [-0.15, -0.1) is 0 Å². The Bertz CT molecular complexity index is 156. The minimum Gasteiger partial charge on any atom is -0.480 e. The molecule has 1 atom stereocenters. The lowest BCUT2D eigenvalue weighted by molar-refractivity contribution is -0.136. The Morgan fingerprint density at radius 1 is 1.75 bits per heavy atom. The van der Waals surface area contributed by atoms with Crippen LogP contribution in [0.2, 0.25) is 0 Å². The van der Waals surface area contributed by atoms with Crippen LogP contribution in [0.1, 0.15) is 12.8 Å². The van der Waals surface area contributed by atoms with Gasteiger partial charge in [-0.25, -0.2) is 0 Å². The summed E-state index contributed by atoms with van der Waals surface area (Å²) in [5.74, 6) is -0.169. The smallest absolute Gasteiger partial charge is 0.317 e. The number of rotatable bonds is 6. The highest BCUT2D eigenvalue weighted by molar-refractivity contribution is 5.68. The van der Waals surface area contributed by atoms with E-state index in [-0.39, 0.29) is 12.6 Å². The van der Waals surface area contributed by atoms with Crippen LogP contribution in [0.3, 0.4) is 0 Å². The molecule has 1 rings (SSSR count). The summed E-state index contributed by atoms with van der Waals surface area (Å²) in [7, 11) is 1.67. The van der Waals surface area contributed by atoms with Crippen LogP contribution in [0.4, 0.5) is 0 Å². The van der Waals surface area contributed by atoms with Crippen LogP contribution in [-0.4, -0.2) is 37.4 Å². The molecule has 0 amide bonds. The normalized spacial score (nSPS) is 19.1. The number of carboxylic acid groups (broad SMARTS) is 1. The van der Waals surface area contributed by atoms with Crippen molar-refractivity contribution in [2.45, 2.75) is 18.9 Å². The van der Waals surface area contributed by atoms with Gasteiger partial charge in [0.2, 0.25) is 0 Å². The summed E-state index contributed by atoms with van der Waals surface area (Å²) in [5, 5.41) is 11.2. The van der Waals surface area contributed by atoms with Crippen LogP contribution in [0.25, 0.3) is 0 Å². The molecule has 70 valence electrons. The molecular formula is C8H15NO3. The number of methoxy groups -OCH3 is 1. The molecule has 1 aliphatic carbocycles. The first-order chi connectivity index (χ1) is 5.74. The van der Waals surface area contributed by atoms with E-state index in [9.17, 15) is 4.79 Å². The Hall–Kier alpha value is -0.610. The van der Waals surface area contributed by atoms with Crippen molar-refractivity contribution in [3.8, 4) is 0 Å². The lowest BCUT2D eigenvalue weighted by atomic mass is 10.2. The zero-order valence-corrected chi connectivity index (χ0v) is 7.25. The molecule has 0 radical (unpaired) electrons. The van der Waals surface area contributed by atoms with Gasteiger partial charge in [-0.2, -0.15) is 0 Å². The Kier molecular flexibility index (Phi) is 3.49. The summed E-state index contributed by atoms with van der Waals surface area (Å²) >= 11 is 0. The standard InChI is InChI=1S/C8H15NO3/c1-12-7(6-2-3-6)4-9-5-8(10)11/h6-7,9H,2-5H2,1H3,(H,10,11). The van der Waals surface area contributed by atoms with Crippen molar-refractivity contribution in [2.24, 2.45) is 5.92 Å². The van der Waals surface area contributed by atoms with Gasteiger partial charge in [0.15, 0.2) is 0 Å². The zero-order chi connectivity index (χ0) is 8.97. The molecule has 0 aromatic rings. The van der Waals surface area contributed by atoms with E-state index in [1.54, 1.807) is 7.11 Å². The van der Waals surface area contributed by atoms with Crippen LogP contribution >= 0.6 is 0 Å². The molecule has 4 nitrogen and oxygen atoms in total. The molecule has 0 heterocycles. The Balaban J connectivity index is 2.06. The van der Waals surface area contributed by atoms with Gasteiger partial charge in [-0.05, 0) is 18.8 Å². The fourth-order valence-electron chi connectivity index (χ4n) is 1.23. The summed E-state index contributed by atoms with van der Waals surface area (Å²) < 4.78 is 5.20. The van der Waals surface area contributed by atoms with Crippen LogP contribution in [0.5, 0.6) is 0 Å². The lowest BCUT2D eigenvalue weighted by Gasteiger charge is -2.13. The predicted octanol–water partition coefficient (Wildman–Crippen LogP) is 0.0856. The lowest BCUT2D eigenvalue weighted by Crippen LogP contribution is -2.33. The number of hydrogen-bond donors (Lipinski definition) is 2. The van der Waals surface area contributed by atoms with Crippen LogP contribution < -0.4 is 5.32 Å². The molecular weight excluding hydrogens is 158 g/mol. The minimum absolute atomic E-state index is 0.0204. The number of nitrogens with one attached hydrogen (secondary N) is 1. The average Bonchev–Trinajstić information content (AvgIpc) is 2.80. The molecule has 4 heteroatoms. The van der Waals surface area contributed by atoms with Crippen molar-refractivity contribution < 1.29 is 14.6 Å². The topological polar surface area (TPSA) is 58.6 Å². The van der Waals surface area contributed by atoms with E-state index in [1.807, 2.05) is 0 Å². The van der Waals surface area contributed by atoms with Crippen LogP contribution in [0, 0.1) is 5.92 Å². The molecule has 2 N–H and O–H groups in total. The number of ether oxygens (including phenoxy) is 1. The summed E-state index contributed by atoms with van der Waals surface area (Å²) in [6.45, 7) is 0.667. The predicted molar refractivity (Wildman–Crippen MR) is 44.0 cm³/mol. The summed E-state index contributed by atoms with van der Waals surface area (Å²) in [5.41, 5.74) is 0. The van der Waals surface area contributed by atoms with Crippen molar-refractivity contribution in [2.75, 3.05) is 20.2 Å². The second-order valence-electron chi connectivity index (χ2n) is 3.14. The van der Waals surface area contributed by atoms with Crippen molar-refractivity contribution in [1.82, 2.24) is 5.32 Å². The first-order valence-corrected chi connectivity index (χ1v) is 4.19. The van der Waals surface area contributed by atoms with Gasteiger partial charge in [0.1, 0.15) is 0 Å². The Labute approximate surface area is 71.9 Å². The average molecular weight is 173 g/mol. The highest BCUT2D eigenvalue weighted by Gasteiger charge is 2.30. The molecule has 1 unspecified atom stereocenters. The Morgan fingerprint density at radius 2 is 2.42 bits per heavy atom. The molecule has 1 fully saturated rings. The number of hydrogen-bond acceptors (Lipinski definition) is 3. The quantitative estimate of drug-likeness (QED) is 0.597. The fraction of sp³-hybridized carbons (Fsp3) is 0.875. The van der Waals surface area contributed by atoms with Crippen molar-refractivity contribution in [3.05, 3.63) is 0 Å². The molecule has 1 saturated carbocycles. The first kappa shape index (κ1) is 9.48. The van der Waals surface area contributed by atoms with E-state index < -0.39 is 5.97 Å². The maximum Gasteiger partial charge on any atom is 0.317 e. The van der Waals surface area contributed by atoms with Crippen molar-refractivity contribution >= 4 is 5.97 Å². The zero-order valence-electron chi connectivity index (χ0n) is 7.25. The monoisotopic (exact) mass is 173 g/mol. The van der Waals surface area contributed by atoms with Gasteiger partial charge in [0.05, 0.1) is 12.6 Å². The van der Waals surface area contributed by atoms with Gasteiger partial charge in [-0.1, -0.05) is 0 Å². The highest BCUT2D eigenvalue weighted by Crippen LogP contribution is 2.33. The first-order valence-electron chi connectivity index (χ1n) is 4.19. The van der Waals surface area contributed by atoms with Crippen LogP contribution in [-0.2, 0) is 9.53 Å². The number of carboxylic acids is 1. The number of aliphatic carboxylic acids is 1. The van der Waals surface area contributed by atoms with Gasteiger partial charge in [0.25, 0.3) is 0 Å². The van der Waals surface area contributed by atoms with E-state index in [0.29, 0.717) is 12.5 Å². The third kappa shape index (κ3) is 3.19. The highest BCUT2D eigenvalue weighted by atomic mass is 16.5. The molecule has 0 aromatic heterocycles. The second-order valence-corrected chi connectivity index (χ2v) is 3.14. The summed E-state index contributed by atoms with van der Waals surface area (Å²) in [6.07, 6.45) is 2.63. The SMILES string of the molecule is COC(CNCC(=O)O)C1CC1.